The van der Waals surface area contributed by atoms with Crippen LogP contribution in [0.5, 0.6) is 5.75 Å². The largest absolute Gasteiger partial charge is 0.489 e. The van der Waals surface area contributed by atoms with E-state index in [0.717, 1.165) is 79.0 Å². The van der Waals surface area contributed by atoms with Gasteiger partial charge in [-0.2, -0.15) is 0 Å². The van der Waals surface area contributed by atoms with E-state index in [1.165, 1.54) is 0 Å². The molecule has 2 aromatic carbocycles. The number of imidazole rings is 1. The number of nitrogens with two attached hydrogens (primary N) is 1. The maximum atomic E-state index is 13.3. The maximum absolute atomic E-state index is 13.3. The predicted molar refractivity (Wildman–Crippen MR) is 155 cm³/mol. The molecule has 6 rings (SSSR count). The van der Waals surface area contributed by atoms with Gasteiger partial charge in [0.15, 0.2) is 0 Å². The van der Waals surface area contributed by atoms with E-state index in [9.17, 15) is 9.90 Å². The molecular weight excluding hydrogens is 502 g/mol. The molecule has 1 atom stereocenters. The number of carbonyl (C=O) groups is 1. The molecule has 1 amide bonds. The van der Waals surface area contributed by atoms with Crippen LogP contribution in [0.3, 0.4) is 0 Å². The van der Waals surface area contributed by atoms with Gasteiger partial charge >= 0.3 is 0 Å². The number of piperidine rings is 1. The second kappa shape index (κ2) is 11.7. The van der Waals surface area contributed by atoms with Crippen LogP contribution in [0, 0.1) is 11.8 Å². The molecule has 2 aromatic heterocycles. The number of aromatic nitrogens is 3. The van der Waals surface area contributed by atoms with Gasteiger partial charge in [0.2, 0.25) is 5.91 Å². The van der Waals surface area contributed by atoms with Crippen LogP contribution in [0.25, 0.3) is 16.8 Å². The SMILES string of the molecule is Nc1nccn2c(C3CCC(C(=O)N4CCCC(CO)C4)CC3)nc(-c3cccc(OCc4ccccc4)c3)c12. The van der Waals surface area contributed by atoms with E-state index in [-0.39, 0.29) is 30.3 Å². The van der Waals surface area contributed by atoms with Crippen molar-refractivity contribution in [3.05, 3.63) is 78.4 Å². The molecule has 3 heterocycles. The van der Waals surface area contributed by atoms with Crippen molar-refractivity contribution >= 4 is 17.2 Å². The zero-order valence-corrected chi connectivity index (χ0v) is 22.8. The van der Waals surface area contributed by atoms with Gasteiger partial charge in [-0.15, -0.1) is 0 Å². The van der Waals surface area contributed by atoms with E-state index < -0.39 is 0 Å². The number of rotatable bonds is 7. The summed E-state index contributed by atoms with van der Waals surface area (Å²) in [5.74, 6) is 2.93. The highest BCUT2D eigenvalue weighted by Crippen LogP contribution is 2.39. The van der Waals surface area contributed by atoms with Crippen molar-refractivity contribution in [2.24, 2.45) is 11.8 Å². The third-order valence-corrected chi connectivity index (χ3v) is 8.50. The summed E-state index contributed by atoms with van der Waals surface area (Å²) in [7, 11) is 0. The molecule has 8 heteroatoms. The number of fused-ring (bicyclic) bond motifs is 1. The van der Waals surface area contributed by atoms with Crippen molar-refractivity contribution in [2.45, 2.75) is 51.0 Å². The van der Waals surface area contributed by atoms with Crippen LogP contribution >= 0.6 is 0 Å². The Morgan fingerprint density at radius 2 is 1.88 bits per heavy atom. The van der Waals surface area contributed by atoms with E-state index in [4.69, 9.17) is 15.5 Å². The second-order valence-electron chi connectivity index (χ2n) is 11.2. The van der Waals surface area contributed by atoms with Gasteiger partial charge in [-0.25, -0.2) is 9.97 Å². The van der Waals surface area contributed by atoms with E-state index in [1.54, 1.807) is 6.20 Å². The lowest BCUT2D eigenvalue weighted by molar-refractivity contribution is -0.138. The van der Waals surface area contributed by atoms with Crippen molar-refractivity contribution in [3.63, 3.8) is 0 Å². The van der Waals surface area contributed by atoms with Crippen molar-refractivity contribution < 1.29 is 14.6 Å². The molecule has 208 valence electrons. The number of anilines is 1. The quantitative estimate of drug-likeness (QED) is 0.340. The monoisotopic (exact) mass is 539 g/mol. The fraction of sp³-hybridized carbons (Fsp3) is 0.406. The summed E-state index contributed by atoms with van der Waals surface area (Å²) < 4.78 is 8.17. The lowest BCUT2D eigenvalue weighted by atomic mass is 9.80. The highest BCUT2D eigenvalue weighted by Gasteiger charge is 2.34. The third kappa shape index (κ3) is 5.41. The van der Waals surface area contributed by atoms with Crippen LogP contribution in [0.2, 0.25) is 0 Å². The standard InChI is InChI=1S/C32H37N5O3/c33-30-29-28(26-9-4-10-27(18-26)40-21-22-6-2-1-3-7-22)35-31(37(29)17-15-34-30)24-11-13-25(14-12-24)32(39)36-16-5-8-23(19-36)20-38/h1-4,6-7,9-10,15,17-18,23-25,38H,5,8,11-14,16,19-21H2,(H2,33,34). The molecule has 1 aliphatic heterocycles. The van der Waals surface area contributed by atoms with Gasteiger partial charge in [0, 0.05) is 49.5 Å². The number of likely N-dealkylation sites (tertiary alicyclic amines) is 1. The van der Waals surface area contributed by atoms with Gasteiger partial charge in [-0.1, -0.05) is 42.5 Å². The highest BCUT2D eigenvalue weighted by molar-refractivity contribution is 5.85. The van der Waals surface area contributed by atoms with Crippen LogP contribution in [-0.4, -0.2) is 50.0 Å². The summed E-state index contributed by atoms with van der Waals surface area (Å²) in [5, 5.41) is 9.57. The number of ether oxygens (including phenoxy) is 1. The van der Waals surface area contributed by atoms with Gasteiger partial charge in [-0.3, -0.25) is 9.20 Å². The average molecular weight is 540 g/mol. The Balaban J connectivity index is 1.21. The first-order valence-electron chi connectivity index (χ1n) is 14.4. The molecular formula is C32H37N5O3. The smallest absolute Gasteiger partial charge is 0.225 e. The number of amides is 1. The Morgan fingerprint density at radius 1 is 1.05 bits per heavy atom. The summed E-state index contributed by atoms with van der Waals surface area (Å²) in [6, 6.07) is 18.1. The zero-order chi connectivity index (χ0) is 27.5. The first-order chi connectivity index (χ1) is 19.6. The molecule has 1 saturated heterocycles. The molecule has 3 N–H and O–H groups in total. The number of nitrogen functional groups attached to an aromatic ring is 1. The average Bonchev–Trinajstić information content (AvgIpc) is 3.41. The highest BCUT2D eigenvalue weighted by atomic mass is 16.5. The minimum atomic E-state index is 0.0459. The van der Waals surface area contributed by atoms with Crippen LogP contribution in [-0.2, 0) is 11.4 Å². The second-order valence-corrected chi connectivity index (χ2v) is 11.2. The number of hydrogen-bond acceptors (Lipinski definition) is 6. The van der Waals surface area contributed by atoms with E-state index in [2.05, 4.69) is 9.38 Å². The molecule has 0 bridgehead atoms. The number of benzene rings is 2. The summed E-state index contributed by atoms with van der Waals surface area (Å²) in [6.45, 7) is 2.14. The summed E-state index contributed by atoms with van der Waals surface area (Å²) >= 11 is 0. The van der Waals surface area contributed by atoms with Gasteiger partial charge in [0.05, 0.1) is 0 Å². The molecule has 1 saturated carbocycles. The number of aliphatic hydroxyl groups excluding tert-OH is 1. The topological polar surface area (TPSA) is 106 Å². The van der Waals surface area contributed by atoms with Crippen molar-refractivity contribution in [1.29, 1.82) is 0 Å². The van der Waals surface area contributed by atoms with Gasteiger partial charge < -0.3 is 20.5 Å². The maximum Gasteiger partial charge on any atom is 0.225 e. The molecule has 1 aliphatic carbocycles. The Labute approximate surface area is 234 Å². The Kier molecular flexibility index (Phi) is 7.68. The van der Waals surface area contributed by atoms with Gasteiger partial charge in [0.25, 0.3) is 0 Å². The van der Waals surface area contributed by atoms with Crippen LogP contribution in [0.1, 0.15) is 55.8 Å². The predicted octanol–water partition coefficient (Wildman–Crippen LogP) is 5.06. The Bertz CT molecular complexity index is 1460. The molecule has 2 fully saturated rings. The van der Waals surface area contributed by atoms with Crippen molar-refractivity contribution in [1.82, 2.24) is 19.3 Å². The number of aliphatic hydroxyl groups is 1. The summed E-state index contributed by atoms with van der Waals surface area (Å²) in [4.78, 5) is 24.8. The summed E-state index contributed by atoms with van der Waals surface area (Å²) in [6.07, 6.45) is 9.12. The van der Waals surface area contributed by atoms with Crippen molar-refractivity contribution in [2.75, 3.05) is 25.4 Å². The molecule has 0 radical (unpaired) electrons. The molecule has 0 spiro atoms. The lowest BCUT2D eigenvalue weighted by Gasteiger charge is -2.36. The Hall–Kier alpha value is -3.91. The number of carbonyl (C=O) groups excluding carboxylic acids is 1. The molecule has 8 nitrogen and oxygen atoms in total. The normalized spacial score (nSPS) is 21.4. The van der Waals surface area contributed by atoms with E-state index in [0.29, 0.717) is 19.0 Å². The van der Waals surface area contributed by atoms with Crippen molar-refractivity contribution in [3.8, 4) is 17.0 Å². The van der Waals surface area contributed by atoms with E-state index in [1.807, 2.05) is 65.7 Å². The van der Waals surface area contributed by atoms with Gasteiger partial charge in [-0.05, 0) is 62.1 Å². The third-order valence-electron chi connectivity index (χ3n) is 8.50. The van der Waals surface area contributed by atoms with Crippen LogP contribution < -0.4 is 10.5 Å². The number of hydrogen-bond donors (Lipinski definition) is 2. The first-order valence-corrected chi connectivity index (χ1v) is 14.4. The fourth-order valence-corrected chi connectivity index (χ4v) is 6.32. The van der Waals surface area contributed by atoms with Gasteiger partial charge in [0.1, 0.15) is 35.2 Å². The van der Waals surface area contributed by atoms with E-state index >= 15 is 0 Å². The van der Waals surface area contributed by atoms with Crippen LogP contribution in [0.4, 0.5) is 5.82 Å². The lowest BCUT2D eigenvalue weighted by Crippen LogP contribution is -2.44. The molecule has 40 heavy (non-hydrogen) atoms. The zero-order valence-electron chi connectivity index (χ0n) is 22.8. The number of nitrogens with zero attached hydrogens (tertiary/aromatic N) is 4. The minimum Gasteiger partial charge on any atom is -0.489 e. The molecule has 2 aliphatic rings. The molecule has 4 aromatic rings. The van der Waals surface area contributed by atoms with Crippen LogP contribution in [0.15, 0.2) is 67.0 Å². The first kappa shape index (κ1) is 26.3. The molecule has 1 unspecified atom stereocenters. The minimum absolute atomic E-state index is 0.0459. The fourth-order valence-electron chi connectivity index (χ4n) is 6.32. The Morgan fingerprint density at radius 3 is 2.67 bits per heavy atom. The summed E-state index contributed by atoms with van der Waals surface area (Å²) in [5.41, 5.74) is 10.1.